The van der Waals surface area contributed by atoms with Crippen LogP contribution in [0.15, 0.2) is 101 Å². The molecule has 1 saturated heterocycles. The number of carbonyl (C=O) groups excluding carboxylic acids is 6. The quantitative estimate of drug-likeness (QED) is 0.0509. The van der Waals surface area contributed by atoms with Crippen molar-refractivity contribution in [3.05, 3.63) is 123 Å². The molecule has 0 radical (unpaired) electrons. The number of rotatable bonds is 11. The highest BCUT2D eigenvalue weighted by molar-refractivity contribution is 5.96. The molecule has 1 aliphatic heterocycles. The Hall–Kier alpha value is -6.43. The van der Waals surface area contributed by atoms with Crippen molar-refractivity contribution < 1.29 is 67.8 Å². The van der Waals surface area contributed by atoms with Gasteiger partial charge in [-0.2, -0.15) is 0 Å². The van der Waals surface area contributed by atoms with Gasteiger partial charge < -0.3 is 44.3 Å². The van der Waals surface area contributed by atoms with Crippen molar-refractivity contribution in [3.8, 4) is 0 Å². The summed E-state index contributed by atoms with van der Waals surface area (Å²) in [6, 6.07) is 20.2. The molecule has 3 aliphatic carbocycles. The molecule has 3 aromatic rings. The maximum Gasteiger partial charge on any atom is 0.338 e. The van der Waals surface area contributed by atoms with Crippen LogP contribution >= 0.6 is 0 Å². The van der Waals surface area contributed by atoms with Crippen molar-refractivity contribution in [3.63, 3.8) is 0 Å². The van der Waals surface area contributed by atoms with Crippen LogP contribution in [0.25, 0.3) is 10.4 Å². The van der Waals surface area contributed by atoms with Gasteiger partial charge in [-0.1, -0.05) is 79.6 Å². The molecule has 3 aromatic carbocycles. The fraction of sp³-hybridized carbons (Fsp3) is 0.447. The van der Waals surface area contributed by atoms with Gasteiger partial charge in [-0.3, -0.25) is 19.2 Å². The Kier molecular flexibility index (Phi) is 12.5. The molecule has 4 N–H and O–H groups in total. The molecular weight excluding hydrogens is 845 g/mol. The molecular formula is C47H50N4O14. The number of benzene rings is 3. The van der Waals surface area contributed by atoms with E-state index in [2.05, 4.69) is 15.3 Å². The molecule has 1 amide bonds. The SMILES string of the molecule is CC(=O)O[C@H]1C(=O)[C@@]2(C)[C@H]([C@H](OC(=O)c3ccc(N=[N+]=[N-])cc3)[C@]3(O)C[C@H](OC(=O)[C@H](O)[C@@H](NC(=O)c4ccccc4)c4ccccc4)C(C)=C1C3(C)C)[C@]1(OC(C)=O)CO[C@@H]1C[C@@H]2O. The highest BCUT2D eigenvalue weighted by Crippen LogP contribution is 2.64. The normalized spacial score (nSPS) is 30.8. The molecule has 7 rings (SSSR count). The van der Waals surface area contributed by atoms with Crippen LogP contribution in [0, 0.1) is 16.7 Å². The summed E-state index contributed by atoms with van der Waals surface area (Å²) in [5.74, 6) is -7.19. The monoisotopic (exact) mass is 894 g/mol. The van der Waals surface area contributed by atoms with E-state index >= 15 is 4.79 Å². The molecule has 0 unspecified atom stereocenters. The number of ketones is 1. The number of aliphatic hydroxyl groups excluding tert-OH is 2. The Morgan fingerprint density at radius 2 is 1.52 bits per heavy atom. The molecule has 0 aromatic heterocycles. The molecule has 65 heavy (non-hydrogen) atoms. The highest BCUT2D eigenvalue weighted by Gasteiger charge is 2.78. The Labute approximate surface area is 373 Å². The van der Waals surface area contributed by atoms with E-state index in [-0.39, 0.29) is 41.0 Å². The van der Waals surface area contributed by atoms with Crippen LogP contribution in [0.1, 0.15) is 86.7 Å². The standard InChI is InChI=1S/C47H50N4O14/c1-24-31(63-43(59)36(55)35(27-13-9-7-10-14-27)49-41(57)28-15-11-8-12-16-28)22-47(60)40(64-42(58)29-17-19-30(20-18-29)50-51-48)38-45(6,32(54)21-33-46(38,23-61-33)65-26(3)53)39(56)37(62-25(2)52)34(24)44(47,4)5/h7-20,31-33,35-38,40,54-55,60H,21-23H2,1-6H3,(H,49,57)/t31-,32-,33+,35-,36+,37+,38-,40-,45+,46-,47+/m0/s1. The smallest absolute Gasteiger partial charge is 0.338 e. The molecule has 11 atom stereocenters. The van der Waals surface area contributed by atoms with Crippen LogP contribution in [0.3, 0.4) is 0 Å². The first-order chi connectivity index (χ1) is 30.7. The van der Waals surface area contributed by atoms with Gasteiger partial charge in [-0.15, -0.1) is 0 Å². The minimum atomic E-state index is -2.46. The number of esters is 4. The van der Waals surface area contributed by atoms with Gasteiger partial charge in [0.2, 0.25) is 0 Å². The number of nitrogens with zero attached hydrogens (tertiary/aromatic N) is 3. The van der Waals surface area contributed by atoms with E-state index < -0.39 is 113 Å². The number of Topliss-reactive ketones (excluding diaryl/α,β-unsaturated/α-hetero) is 1. The van der Waals surface area contributed by atoms with Crippen LogP contribution in [-0.4, -0.2) is 105 Å². The van der Waals surface area contributed by atoms with Crippen molar-refractivity contribution in [1.29, 1.82) is 0 Å². The van der Waals surface area contributed by atoms with Crippen molar-refractivity contribution in [1.82, 2.24) is 5.32 Å². The molecule has 2 saturated carbocycles. The molecule has 1 heterocycles. The average Bonchev–Trinajstić information content (AvgIpc) is 3.26. The summed E-state index contributed by atoms with van der Waals surface area (Å²) < 4.78 is 30.3. The van der Waals surface area contributed by atoms with Gasteiger partial charge in [0, 0.05) is 48.3 Å². The number of ether oxygens (including phenoxy) is 5. The van der Waals surface area contributed by atoms with Gasteiger partial charge in [0.05, 0.1) is 35.6 Å². The first kappa shape index (κ1) is 46.6. The van der Waals surface area contributed by atoms with Crippen LogP contribution in [0.2, 0.25) is 0 Å². The molecule has 2 bridgehead atoms. The second-order valence-electron chi connectivity index (χ2n) is 17.7. The topological polar surface area (TPSA) is 270 Å². The molecule has 4 aliphatic rings. The minimum absolute atomic E-state index is 0.0455. The van der Waals surface area contributed by atoms with E-state index in [1.807, 2.05) is 0 Å². The predicted molar refractivity (Wildman–Crippen MR) is 226 cm³/mol. The van der Waals surface area contributed by atoms with E-state index in [1.165, 1.54) is 52.0 Å². The molecule has 18 heteroatoms. The summed E-state index contributed by atoms with van der Waals surface area (Å²) in [5, 5.41) is 43.9. The summed E-state index contributed by atoms with van der Waals surface area (Å²) in [7, 11) is 0. The molecule has 0 spiro atoms. The Morgan fingerprint density at radius 3 is 2.09 bits per heavy atom. The zero-order chi connectivity index (χ0) is 47.2. The number of fused-ring (bicyclic) bond motifs is 5. The first-order valence-electron chi connectivity index (χ1n) is 21.0. The van der Waals surface area contributed by atoms with Gasteiger partial charge in [-0.05, 0) is 60.4 Å². The number of carbonyl (C=O) groups is 6. The summed E-state index contributed by atoms with van der Waals surface area (Å²) in [5.41, 5.74) is 1.56. The third-order valence-electron chi connectivity index (χ3n) is 13.7. The number of aliphatic hydroxyl groups is 3. The minimum Gasteiger partial charge on any atom is -0.456 e. The van der Waals surface area contributed by atoms with Crippen LogP contribution in [-0.2, 0) is 42.9 Å². The molecule has 342 valence electrons. The lowest BCUT2D eigenvalue weighted by Crippen LogP contribution is -2.82. The lowest BCUT2D eigenvalue weighted by Gasteiger charge is -2.67. The number of nitrogens with one attached hydrogen (secondary N) is 1. The second-order valence-corrected chi connectivity index (χ2v) is 17.7. The van der Waals surface area contributed by atoms with Gasteiger partial charge in [-0.25, -0.2) is 9.59 Å². The third-order valence-corrected chi connectivity index (χ3v) is 13.7. The third kappa shape index (κ3) is 7.95. The van der Waals surface area contributed by atoms with Crippen molar-refractivity contribution in [2.45, 2.75) is 108 Å². The van der Waals surface area contributed by atoms with Crippen LogP contribution in [0.4, 0.5) is 5.69 Å². The molecule has 3 fully saturated rings. The predicted octanol–water partition coefficient (Wildman–Crippen LogP) is 4.68. The van der Waals surface area contributed by atoms with E-state index in [0.29, 0.717) is 5.56 Å². The van der Waals surface area contributed by atoms with Gasteiger partial charge in [0.1, 0.15) is 23.9 Å². The van der Waals surface area contributed by atoms with Crippen LogP contribution in [0.5, 0.6) is 0 Å². The van der Waals surface area contributed by atoms with E-state index in [9.17, 15) is 39.3 Å². The van der Waals surface area contributed by atoms with Gasteiger partial charge in [0.15, 0.2) is 23.6 Å². The van der Waals surface area contributed by atoms with Crippen molar-refractivity contribution in [2.24, 2.45) is 21.9 Å². The Bertz CT molecular complexity index is 2470. The largest absolute Gasteiger partial charge is 0.456 e. The number of azide groups is 1. The van der Waals surface area contributed by atoms with E-state index in [1.54, 1.807) is 60.7 Å². The number of hydrogen-bond donors (Lipinski definition) is 4. The average molecular weight is 895 g/mol. The highest BCUT2D eigenvalue weighted by atomic mass is 16.6. The lowest BCUT2D eigenvalue weighted by atomic mass is 9.44. The van der Waals surface area contributed by atoms with E-state index in [4.69, 9.17) is 29.2 Å². The summed E-state index contributed by atoms with van der Waals surface area (Å²) >= 11 is 0. The van der Waals surface area contributed by atoms with Gasteiger partial charge >= 0.3 is 23.9 Å². The summed E-state index contributed by atoms with van der Waals surface area (Å²) in [4.78, 5) is 86.6. The van der Waals surface area contributed by atoms with Crippen LogP contribution < -0.4 is 5.32 Å². The number of hydrogen-bond acceptors (Lipinski definition) is 15. The maximum atomic E-state index is 15.5. The van der Waals surface area contributed by atoms with E-state index in [0.717, 1.165) is 13.8 Å². The first-order valence-corrected chi connectivity index (χ1v) is 21.0. The van der Waals surface area contributed by atoms with Gasteiger partial charge in [0.25, 0.3) is 5.91 Å². The summed E-state index contributed by atoms with van der Waals surface area (Å²) in [6.45, 7) is 7.75. The number of amides is 1. The zero-order valence-electron chi connectivity index (χ0n) is 36.5. The zero-order valence-corrected chi connectivity index (χ0v) is 36.5. The fourth-order valence-corrected chi connectivity index (χ4v) is 10.3. The lowest BCUT2D eigenvalue weighted by molar-refractivity contribution is -0.346. The maximum absolute atomic E-state index is 15.5. The van der Waals surface area contributed by atoms with Crippen molar-refractivity contribution >= 4 is 41.3 Å². The fourth-order valence-electron chi connectivity index (χ4n) is 10.3. The summed E-state index contributed by atoms with van der Waals surface area (Å²) in [6.07, 6.45) is -10.9. The Morgan fingerprint density at radius 1 is 0.892 bits per heavy atom. The second kappa shape index (κ2) is 17.5. The van der Waals surface area contributed by atoms with Crippen molar-refractivity contribution in [2.75, 3.05) is 6.61 Å². The molecule has 18 nitrogen and oxygen atoms in total. The Balaban J connectivity index is 1.39.